The molecule has 0 spiro atoms. The van der Waals surface area contributed by atoms with E-state index in [2.05, 4.69) is 5.10 Å². The third-order valence-electron chi connectivity index (χ3n) is 4.02. The van der Waals surface area contributed by atoms with Crippen LogP contribution >= 0.6 is 0 Å². The quantitative estimate of drug-likeness (QED) is 0.922. The average molecular weight is 273 g/mol. The van der Waals surface area contributed by atoms with Gasteiger partial charge in [0.05, 0.1) is 23.9 Å². The van der Waals surface area contributed by atoms with Crippen LogP contribution in [0.5, 0.6) is 0 Å². The number of carbonyl (C=O) groups excluding carboxylic acids is 1. The lowest BCUT2D eigenvalue weighted by atomic mass is 10.1. The second-order valence-electron chi connectivity index (χ2n) is 5.25. The summed E-state index contributed by atoms with van der Waals surface area (Å²) in [5.74, 6) is -0.0212. The van der Waals surface area contributed by atoms with E-state index < -0.39 is 0 Å². The lowest BCUT2D eigenvalue weighted by Gasteiger charge is -2.28. The summed E-state index contributed by atoms with van der Waals surface area (Å²) in [5, 5.41) is 13.5. The fraction of sp³-hybridized carbons (Fsp3) is 0.467. The number of carbonyl (C=O) groups is 1. The number of amides is 1. The highest BCUT2D eigenvalue weighted by atomic mass is 16.3. The van der Waals surface area contributed by atoms with Gasteiger partial charge in [-0.2, -0.15) is 5.10 Å². The Morgan fingerprint density at radius 2 is 2.20 bits per heavy atom. The minimum absolute atomic E-state index is 0.00144. The second kappa shape index (κ2) is 5.63. The van der Waals surface area contributed by atoms with Crippen molar-refractivity contribution in [3.05, 3.63) is 36.2 Å². The van der Waals surface area contributed by atoms with Crippen LogP contribution in [0.25, 0.3) is 5.52 Å². The Balaban J connectivity index is 1.92. The lowest BCUT2D eigenvalue weighted by molar-refractivity contribution is 0.0640. The lowest BCUT2D eigenvalue weighted by Crippen LogP contribution is -2.40. The number of aliphatic hydroxyl groups excluding tert-OH is 1. The van der Waals surface area contributed by atoms with Crippen LogP contribution in [0, 0.1) is 0 Å². The van der Waals surface area contributed by atoms with Gasteiger partial charge in [-0.25, -0.2) is 4.52 Å². The van der Waals surface area contributed by atoms with E-state index >= 15 is 0 Å². The molecule has 0 atom stereocenters. The fourth-order valence-electron chi connectivity index (χ4n) is 3.03. The van der Waals surface area contributed by atoms with Gasteiger partial charge < -0.3 is 10.0 Å². The summed E-state index contributed by atoms with van der Waals surface area (Å²) in [6.45, 7) is 0.398. The minimum Gasteiger partial charge on any atom is -0.395 e. The van der Waals surface area contributed by atoms with Crippen molar-refractivity contribution in [3.63, 3.8) is 0 Å². The van der Waals surface area contributed by atoms with E-state index in [9.17, 15) is 9.90 Å². The maximum atomic E-state index is 12.8. The molecule has 5 nitrogen and oxygen atoms in total. The van der Waals surface area contributed by atoms with Gasteiger partial charge >= 0.3 is 0 Å². The Morgan fingerprint density at radius 3 is 2.95 bits per heavy atom. The van der Waals surface area contributed by atoms with Crippen LogP contribution in [0.1, 0.15) is 36.0 Å². The van der Waals surface area contributed by atoms with E-state index in [-0.39, 0.29) is 18.6 Å². The summed E-state index contributed by atoms with van der Waals surface area (Å²) in [4.78, 5) is 14.6. The topological polar surface area (TPSA) is 57.8 Å². The molecule has 1 amide bonds. The largest absolute Gasteiger partial charge is 0.395 e. The highest BCUT2D eigenvalue weighted by molar-refractivity contribution is 6.00. The van der Waals surface area contributed by atoms with E-state index in [1.54, 1.807) is 10.7 Å². The molecule has 0 unspecified atom stereocenters. The number of rotatable bonds is 4. The van der Waals surface area contributed by atoms with Gasteiger partial charge in [0.1, 0.15) is 0 Å². The maximum Gasteiger partial charge on any atom is 0.258 e. The first-order chi connectivity index (χ1) is 9.81. The molecule has 5 heteroatoms. The fourth-order valence-corrected chi connectivity index (χ4v) is 3.03. The minimum atomic E-state index is -0.0212. The van der Waals surface area contributed by atoms with Crippen LogP contribution in [0.3, 0.4) is 0 Å². The molecule has 0 radical (unpaired) electrons. The molecular formula is C15H19N3O2. The predicted octanol–water partition coefficient (Wildman–Crippen LogP) is 1.71. The van der Waals surface area contributed by atoms with E-state index in [1.807, 2.05) is 29.3 Å². The van der Waals surface area contributed by atoms with Gasteiger partial charge in [-0.1, -0.05) is 18.9 Å². The van der Waals surface area contributed by atoms with Crippen LogP contribution in [-0.4, -0.2) is 44.7 Å². The zero-order valence-corrected chi connectivity index (χ0v) is 11.4. The standard InChI is InChI=1S/C15H19N3O2/c19-10-9-17(12-5-1-2-6-12)15(20)13-11-16-18-8-4-3-7-14(13)18/h3-4,7-8,11-12,19H,1-2,5-6,9-10H2. The second-order valence-corrected chi connectivity index (χ2v) is 5.25. The number of hydrogen-bond acceptors (Lipinski definition) is 3. The van der Waals surface area contributed by atoms with Gasteiger partial charge in [-0.05, 0) is 25.0 Å². The zero-order valence-electron chi connectivity index (χ0n) is 11.4. The van der Waals surface area contributed by atoms with Crippen molar-refractivity contribution in [1.82, 2.24) is 14.5 Å². The Hall–Kier alpha value is -1.88. The molecule has 1 N–H and O–H groups in total. The van der Waals surface area contributed by atoms with Crippen molar-refractivity contribution in [2.45, 2.75) is 31.7 Å². The number of aliphatic hydroxyl groups is 1. The van der Waals surface area contributed by atoms with Crippen molar-refractivity contribution in [2.75, 3.05) is 13.2 Å². The normalized spacial score (nSPS) is 15.8. The van der Waals surface area contributed by atoms with Crippen molar-refractivity contribution < 1.29 is 9.90 Å². The van der Waals surface area contributed by atoms with Gasteiger partial charge in [0.15, 0.2) is 0 Å². The van der Waals surface area contributed by atoms with Gasteiger partial charge in [-0.3, -0.25) is 4.79 Å². The van der Waals surface area contributed by atoms with Crippen molar-refractivity contribution >= 4 is 11.4 Å². The summed E-state index contributed by atoms with van der Waals surface area (Å²) in [6, 6.07) is 5.94. The van der Waals surface area contributed by atoms with Crippen LogP contribution in [0.2, 0.25) is 0 Å². The summed E-state index contributed by atoms with van der Waals surface area (Å²) in [6.07, 6.45) is 7.84. The monoisotopic (exact) mass is 273 g/mol. The molecule has 1 saturated carbocycles. The van der Waals surface area contributed by atoms with Gasteiger partial charge in [0.2, 0.25) is 0 Å². The summed E-state index contributed by atoms with van der Waals surface area (Å²) in [7, 11) is 0. The maximum absolute atomic E-state index is 12.8. The van der Waals surface area contributed by atoms with E-state index in [1.165, 1.54) is 0 Å². The first-order valence-electron chi connectivity index (χ1n) is 7.15. The number of fused-ring (bicyclic) bond motifs is 1. The zero-order chi connectivity index (χ0) is 13.9. The molecule has 1 fully saturated rings. The molecule has 106 valence electrons. The highest BCUT2D eigenvalue weighted by Crippen LogP contribution is 2.25. The Labute approximate surface area is 117 Å². The van der Waals surface area contributed by atoms with Crippen LogP contribution in [0.4, 0.5) is 0 Å². The van der Waals surface area contributed by atoms with Crippen molar-refractivity contribution in [3.8, 4) is 0 Å². The molecule has 20 heavy (non-hydrogen) atoms. The highest BCUT2D eigenvalue weighted by Gasteiger charge is 2.28. The molecule has 1 aliphatic rings. The van der Waals surface area contributed by atoms with Gasteiger partial charge in [0, 0.05) is 18.8 Å². The average Bonchev–Trinajstić information content (AvgIpc) is 3.13. The Kier molecular flexibility index (Phi) is 3.69. The van der Waals surface area contributed by atoms with Crippen molar-refractivity contribution in [2.24, 2.45) is 0 Å². The SMILES string of the molecule is O=C(c1cnn2ccccc12)N(CCO)C1CCCC1. The molecule has 1 aliphatic carbocycles. The molecular weight excluding hydrogens is 254 g/mol. The van der Waals surface area contributed by atoms with E-state index in [4.69, 9.17) is 0 Å². The van der Waals surface area contributed by atoms with E-state index in [0.717, 1.165) is 31.2 Å². The smallest absolute Gasteiger partial charge is 0.258 e. The number of nitrogens with zero attached hydrogens (tertiary/aromatic N) is 3. The Morgan fingerprint density at radius 1 is 1.40 bits per heavy atom. The summed E-state index contributed by atoms with van der Waals surface area (Å²) < 4.78 is 1.71. The third-order valence-corrected chi connectivity index (χ3v) is 4.02. The van der Waals surface area contributed by atoms with E-state index in [0.29, 0.717) is 12.1 Å². The van der Waals surface area contributed by atoms with Crippen LogP contribution in [-0.2, 0) is 0 Å². The van der Waals surface area contributed by atoms with Crippen molar-refractivity contribution in [1.29, 1.82) is 0 Å². The summed E-state index contributed by atoms with van der Waals surface area (Å²) in [5.41, 5.74) is 1.43. The molecule has 3 rings (SSSR count). The van der Waals surface area contributed by atoms with Crippen LogP contribution < -0.4 is 0 Å². The number of pyridine rings is 1. The summed E-state index contributed by atoms with van der Waals surface area (Å²) >= 11 is 0. The molecule has 0 aromatic carbocycles. The van der Waals surface area contributed by atoms with Gasteiger partial charge in [0.25, 0.3) is 5.91 Å². The number of aromatic nitrogens is 2. The molecule has 0 saturated heterocycles. The molecule has 2 aromatic rings. The first-order valence-corrected chi connectivity index (χ1v) is 7.15. The Bertz CT molecular complexity index is 602. The molecule has 2 heterocycles. The first kappa shape index (κ1) is 13.1. The van der Waals surface area contributed by atoms with Gasteiger partial charge in [-0.15, -0.1) is 0 Å². The molecule has 0 aliphatic heterocycles. The predicted molar refractivity (Wildman–Crippen MR) is 75.6 cm³/mol. The molecule has 0 bridgehead atoms. The van der Waals surface area contributed by atoms with Crippen LogP contribution in [0.15, 0.2) is 30.6 Å². The number of hydrogen-bond donors (Lipinski definition) is 1. The molecule has 2 aromatic heterocycles. The third kappa shape index (κ3) is 2.29.